The lowest BCUT2D eigenvalue weighted by atomic mass is 10.3. The highest BCUT2D eigenvalue weighted by Gasteiger charge is 2.36. The Hall–Kier alpha value is -1.80. The molecule has 0 radical (unpaired) electrons. The molecule has 1 fully saturated rings. The van der Waals surface area contributed by atoms with Crippen molar-refractivity contribution >= 4 is 15.9 Å². The quantitative estimate of drug-likeness (QED) is 0.665. The Labute approximate surface area is 136 Å². The first-order chi connectivity index (χ1) is 10.9. The maximum atomic E-state index is 11.8. The molecule has 0 bridgehead atoms. The molecule has 7 nitrogen and oxygen atoms in total. The van der Waals surface area contributed by atoms with E-state index < -0.39 is 10.0 Å². The highest BCUT2D eigenvalue weighted by molar-refractivity contribution is 7.88. The van der Waals surface area contributed by atoms with Gasteiger partial charge in [-0.2, -0.15) is 4.31 Å². The third-order valence-electron chi connectivity index (χ3n) is 3.43. The van der Waals surface area contributed by atoms with Gasteiger partial charge < -0.3 is 14.8 Å². The summed E-state index contributed by atoms with van der Waals surface area (Å²) in [6.45, 7) is 0.486. The molecule has 1 N–H and O–H groups in total. The monoisotopic (exact) mass is 342 g/mol. The van der Waals surface area contributed by atoms with Crippen LogP contribution in [0, 0.1) is 0 Å². The van der Waals surface area contributed by atoms with Crippen LogP contribution in [-0.4, -0.2) is 57.7 Å². The molecule has 128 valence electrons. The predicted octanol–water partition coefficient (Wildman–Crippen LogP) is 0.614. The number of nitrogens with zero attached hydrogens (tertiary/aromatic N) is 1. The van der Waals surface area contributed by atoms with Crippen LogP contribution < -0.4 is 14.8 Å². The third-order valence-corrected chi connectivity index (χ3v) is 4.71. The van der Waals surface area contributed by atoms with Crippen molar-refractivity contribution in [3.05, 3.63) is 24.3 Å². The number of sulfonamides is 1. The SMILES string of the molecule is COc1ccc(OCCNC(=O)CN(C2CC2)S(C)(=O)=O)cc1. The summed E-state index contributed by atoms with van der Waals surface area (Å²) in [6, 6.07) is 7.10. The summed E-state index contributed by atoms with van der Waals surface area (Å²) < 4.78 is 35.0. The van der Waals surface area contributed by atoms with Gasteiger partial charge in [0.05, 0.1) is 26.5 Å². The zero-order valence-corrected chi connectivity index (χ0v) is 14.1. The summed E-state index contributed by atoms with van der Waals surface area (Å²) >= 11 is 0. The van der Waals surface area contributed by atoms with Gasteiger partial charge in [0.2, 0.25) is 15.9 Å². The lowest BCUT2D eigenvalue weighted by Crippen LogP contribution is -2.42. The maximum Gasteiger partial charge on any atom is 0.235 e. The number of carbonyl (C=O) groups is 1. The Morgan fingerprint density at radius 2 is 1.87 bits per heavy atom. The fraction of sp³-hybridized carbons (Fsp3) is 0.533. The highest BCUT2D eigenvalue weighted by Crippen LogP contribution is 2.28. The molecule has 0 aliphatic heterocycles. The van der Waals surface area contributed by atoms with E-state index in [9.17, 15) is 13.2 Å². The molecule has 1 aliphatic carbocycles. The van der Waals surface area contributed by atoms with Crippen LogP contribution in [-0.2, 0) is 14.8 Å². The first-order valence-electron chi connectivity index (χ1n) is 7.40. The highest BCUT2D eigenvalue weighted by atomic mass is 32.2. The minimum Gasteiger partial charge on any atom is -0.497 e. The van der Waals surface area contributed by atoms with Crippen molar-refractivity contribution < 1.29 is 22.7 Å². The van der Waals surface area contributed by atoms with E-state index in [1.165, 1.54) is 4.31 Å². The Morgan fingerprint density at radius 1 is 1.26 bits per heavy atom. The van der Waals surface area contributed by atoms with E-state index in [2.05, 4.69) is 5.32 Å². The summed E-state index contributed by atoms with van der Waals surface area (Å²) in [5.41, 5.74) is 0. The summed E-state index contributed by atoms with van der Waals surface area (Å²) in [4.78, 5) is 11.8. The topological polar surface area (TPSA) is 84.9 Å². The molecule has 1 aromatic rings. The van der Waals surface area contributed by atoms with E-state index in [4.69, 9.17) is 9.47 Å². The molecule has 0 atom stereocenters. The van der Waals surface area contributed by atoms with Gasteiger partial charge in [-0.25, -0.2) is 8.42 Å². The Bertz CT molecular complexity index is 626. The van der Waals surface area contributed by atoms with E-state index in [0.29, 0.717) is 18.9 Å². The lowest BCUT2D eigenvalue weighted by Gasteiger charge is -2.18. The number of rotatable bonds is 9. The lowest BCUT2D eigenvalue weighted by molar-refractivity contribution is -0.121. The van der Waals surface area contributed by atoms with Gasteiger partial charge >= 0.3 is 0 Å². The van der Waals surface area contributed by atoms with Crippen molar-refractivity contribution in [2.45, 2.75) is 18.9 Å². The molecule has 0 heterocycles. The summed E-state index contributed by atoms with van der Waals surface area (Å²) in [5, 5.41) is 2.67. The van der Waals surface area contributed by atoms with Crippen molar-refractivity contribution in [1.29, 1.82) is 0 Å². The van der Waals surface area contributed by atoms with Crippen molar-refractivity contribution in [2.24, 2.45) is 0 Å². The van der Waals surface area contributed by atoms with E-state index in [1.54, 1.807) is 31.4 Å². The molecular weight excluding hydrogens is 320 g/mol. The maximum absolute atomic E-state index is 11.8. The van der Waals surface area contributed by atoms with E-state index in [0.717, 1.165) is 24.8 Å². The molecule has 0 spiro atoms. The van der Waals surface area contributed by atoms with Gasteiger partial charge in [0, 0.05) is 6.04 Å². The largest absolute Gasteiger partial charge is 0.497 e. The summed E-state index contributed by atoms with van der Waals surface area (Å²) in [6.07, 6.45) is 2.77. The molecule has 0 unspecified atom stereocenters. The molecule has 0 saturated heterocycles. The van der Waals surface area contributed by atoms with Gasteiger partial charge in [-0.05, 0) is 37.1 Å². The number of nitrogens with one attached hydrogen (secondary N) is 1. The van der Waals surface area contributed by atoms with Crippen molar-refractivity contribution in [3.63, 3.8) is 0 Å². The first-order valence-corrected chi connectivity index (χ1v) is 9.25. The van der Waals surface area contributed by atoms with Crippen LogP contribution in [0.25, 0.3) is 0 Å². The second-order valence-electron chi connectivity index (χ2n) is 5.41. The Balaban J connectivity index is 1.69. The van der Waals surface area contributed by atoms with Gasteiger partial charge in [-0.15, -0.1) is 0 Å². The number of hydrogen-bond acceptors (Lipinski definition) is 5. The normalized spacial score (nSPS) is 14.6. The van der Waals surface area contributed by atoms with Crippen LogP contribution in [0.3, 0.4) is 0 Å². The average Bonchev–Trinajstić information content (AvgIpc) is 3.33. The molecule has 1 amide bonds. The number of hydrogen-bond donors (Lipinski definition) is 1. The first kappa shape index (κ1) is 17.6. The van der Waals surface area contributed by atoms with Crippen LogP contribution >= 0.6 is 0 Å². The van der Waals surface area contributed by atoms with Crippen molar-refractivity contribution in [2.75, 3.05) is 33.1 Å². The predicted molar refractivity (Wildman–Crippen MR) is 86.1 cm³/mol. The molecule has 8 heteroatoms. The van der Waals surface area contributed by atoms with Gasteiger partial charge in [-0.1, -0.05) is 0 Å². The van der Waals surface area contributed by atoms with Crippen molar-refractivity contribution in [1.82, 2.24) is 9.62 Å². The molecule has 0 aromatic heterocycles. The van der Waals surface area contributed by atoms with Crippen LogP contribution in [0.15, 0.2) is 24.3 Å². The van der Waals surface area contributed by atoms with Gasteiger partial charge in [0.1, 0.15) is 18.1 Å². The Kier molecular flexibility index (Phi) is 5.84. The van der Waals surface area contributed by atoms with Crippen LogP contribution in [0.4, 0.5) is 0 Å². The number of methoxy groups -OCH3 is 1. The van der Waals surface area contributed by atoms with Crippen LogP contribution in [0.2, 0.25) is 0 Å². The van der Waals surface area contributed by atoms with Crippen LogP contribution in [0.5, 0.6) is 11.5 Å². The van der Waals surface area contributed by atoms with Gasteiger partial charge in [0.25, 0.3) is 0 Å². The second kappa shape index (κ2) is 7.65. The number of amides is 1. The van der Waals surface area contributed by atoms with E-state index >= 15 is 0 Å². The zero-order chi connectivity index (χ0) is 16.9. The molecule has 1 aromatic carbocycles. The second-order valence-corrected chi connectivity index (χ2v) is 7.35. The molecular formula is C15H22N2O5S. The fourth-order valence-corrected chi connectivity index (χ4v) is 3.21. The Morgan fingerprint density at radius 3 is 2.39 bits per heavy atom. The van der Waals surface area contributed by atoms with Gasteiger partial charge in [0.15, 0.2) is 0 Å². The molecule has 1 aliphatic rings. The molecule has 2 rings (SSSR count). The minimum absolute atomic E-state index is 0.0219. The van der Waals surface area contributed by atoms with Crippen LogP contribution in [0.1, 0.15) is 12.8 Å². The zero-order valence-electron chi connectivity index (χ0n) is 13.3. The molecule has 1 saturated carbocycles. The minimum atomic E-state index is -3.35. The van der Waals surface area contributed by atoms with E-state index in [1.807, 2.05) is 0 Å². The third kappa shape index (κ3) is 5.72. The average molecular weight is 342 g/mol. The standard InChI is InChI=1S/C15H22N2O5S/c1-21-13-5-7-14(8-6-13)22-10-9-16-15(18)11-17(12-3-4-12)23(2,19)20/h5-8,12H,3-4,9-11H2,1-2H3,(H,16,18). The van der Waals surface area contributed by atoms with Crippen molar-refractivity contribution in [3.8, 4) is 11.5 Å². The number of benzene rings is 1. The summed E-state index contributed by atoms with van der Waals surface area (Å²) in [5.74, 6) is 1.10. The number of carbonyl (C=O) groups excluding carboxylic acids is 1. The van der Waals surface area contributed by atoms with Gasteiger partial charge in [-0.3, -0.25) is 4.79 Å². The number of ether oxygens (including phenoxy) is 2. The van der Waals surface area contributed by atoms with E-state index in [-0.39, 0.29) is 18.5 Å². The molecule has 23 heavy (non-hydrogen) atoms. The summed E-state index contributed by atoms with van der Waals surface area (Å²) in [7, 11) is -1.76. The smallest absolute Gasteiger partial charge is 0.235 e. The fourth-order valence-electron chi connectivity index (χ4n) is 2.11.